The Balaban J connectivity index is 1.49. The summed E-state index contributed by atoms with van der Waals surface area (Å²) in [6, 6.07) is 3.42. The molecule has 2 aromatic rings. The summed E-state index contributed by atoms with van der Waals surface area (Å²) in [5.41, 5.74) is -0.0408. The maximum atomic E-state index is 13.0. The van der Waals surface area contributed by atoms with Gasteiger partial charge in [-0.25, -0.2) is 0 Å². The Morgan fingerprint density at radius 2 is 2.00 bits per heavy atom. The molecule has 6 nitrogen and oxygen atoms in total. The Kier molecular flexibility index (Phi) is 6.13. The number of halogens is 3. The van der Waals surface area contributed by atoms with Crippen LogP contribution in [-0.4, -0.2) is 44.6 Å². The average Bonchev–Trinajstić information content (AvgIpc) is 3.57. The maximum Gasteiger partial charge on any atom is 0.433 e. The summed E-state index contributed by atoms with van der Waals surface area (Å²) >= 11 is 0. The molecule has 3 heterocycles. The number of pyridine rings is 2. The number of aromatic nitrogens is 2. The maximum absolute atomic E-state index is 13.0. The van der Waals surface area contributed by atoms with Crippen LogP contribution in [0.2, 0.25) is 0 Å². The van der Waals surface area contributed by atoms with Gasteiger partial charge in [0.25, 0.3) is 0 Å². The normalized spacial score (nSPS) is 20.4. The first-order valence-corrected chi connectivity index (χ1v) is 10.4. The molecule has 1 aliphatic carbocycles. The number of likely N-dealkylation sites (tertiary alicyclic amines) is 1. The van der Waals surface area contributed by atoms with Crippen molar-refractivity contribution < 1.29 is 27.8 Å². The van der Waals surface area contributed by atoms with Gasteiger partial charge >= 0.3 is 6.18 Å². The summed E-state index contributed by atoms with van der Waals surface area (Å²) in [4.78, 5) is 22.1. The predicted molar refractivity (Wildman–Crippen MR) is 105 cm³/mol. The van der Waals surface area contributed by atoms with E-state index in [1.807, 2.05) is 0 Å². The van der Waals surface area contributed by atoms with Gasteiger partial charge in [-0.15, -0.1) is 0 Å². The number of hydrogen-bond acceptors (Lipinski definition) is 5. The zero-order valence-corrected chi connectivity index (χ0v) is 16.9. The molecule has 0 radical (unpaired) electrons. The van der Waals surface area contributed by atoms with E-state index in [1.54, 1.807) is 23.4 Å². The van der Waals surface area contributed by atoms with Crippen LogP contribution in [0.4, 0.5) is 13.2 Å². The first-order chi connectivity index (χ1) is 14.8. The summed E-state index contributed by atoms with van der Waals surface area (Å²) in [7, 11) is 0. The summed E-state index contributed by atoms with van der Waals surface area (Å²) in [6.45, 7) is 0.480. The van der Waals surface area contributed by atoms with E-state index in [9.17, 15) is 23.1 Å². The van der Waals surface area contributed by atoms with Crippen LogP contribution in [0.1, 0.15) is 55.0 Å². The number of piperidine rings is 1. The van der Waals surface area contributed by atoms with Crippen LogP contribution in [0.25, 0.3) is 0 Å². The molecule has 1 saturated carbocycles. The number of aliphatic hydroxyl groups excluding tert-OH is 1. The van der Waals surface area contributed by atoms with Gasteiger partial charge in [0, 0.05) is 30.7 Å². The predicted octanol–water partition coefficient (Wildman–Crippen LogP) is 3.69. The van der Waals surface area contributed by atoms with Gasteiger partial charge in [-0.05, 0) is 49.8 Å². The molecule has 2 fully saturated rings. The lowest BCUT2D eigenvalue weighted by Crippen LogP contribution is -2.47. The van der Waals surface area contributed by atoms with E-state index in [4.69, 9.17) is 4.74 Å². The first kappa shape index (κ1) is 21.5. The number of hydrogen-bond donors (Lipinski definition) is 1. The van der Waals surface area contributed by atoms with Crippen molar-refractivity contribution in [3.05, 3.63) is 53.6 Å². The van der Waals surface area contributed by atoms with E-state index < -0.39 is 24.0 Å². The summed E-state index contributed by atoms with van der Waals surface area (Å²) < 4.78 is 44.0. The molecule has 9 heteroatoms. The molecular weight excluding hydrogens is 411 g/mol. The molecule has 1 N–H and O–H groups in total. The van der Waals surface area contributed by atoms with Crippen LogP contribution >= 0.6 is 0 Å². The molecule has 1 saturated heterocycles. The zero-order valence-electron chi connectivity index (χ0n) is 16.9. The Morgan fingerprint density at radius 1 is 1.19 bits per heavy atom. The molecule has 2 unspecified atom stereocenters. The number of amides is 1. The van der Waals surface area contributed by atoms with Gasteiger partial charge < -0.3 is 14.7 Å². The van der Waals surface area contributed by atoms with E-state index in [-0.39, 0.29) is 18.4 Å². The van der Waals surface area contributed by atoms with Gasteiger partial charge in [-0.3, -0.25) is 14.8 Å². The van der Waals surface area contributed by atoms with Gasteiger partial charge in [-0.1, -0.05) is 6.07 Å². The molecule has 2 aliphatic rings. The summed E-state index contributed by atoms with van der Waals surface area (Å²) in [5, 5.41) is 11.1. The Morgan fingerprint density at radius 3 is 2.68 bits per heavy atom. The van der Waals surface area contributed by atoms with Crippen molar-refractivity contribution in [1.29, 1.82) is 0 Å². The molecule has 0 aromatic carbocycles. The summed E-state index contributed by atoms with van der Waals surface area (Å²) in [6.07, 6.45) is 3.11. The van der Waals surface area contributed by atoms with Crippen molar-refractivity contribution >= 4 is 5.91 Å². The van der Waals surface area contributed by atoms with E-state index in [2.05, 4.69) is 9.97 Å². The van der Waals surface area contributed by atoms with Crippen molar-refractivity contribution in [2.45, 2.75) is 63.0 Å². The fraction of sp³-hybridized carbons (Fsp3) is 0.500. The van der Waals surface area contributed by atoms with Gasteiger partial charge in [-0.2, -0.15) is 13.2 Å². The number of carbonyl (C=O) groups is 1. The third-order valence-corrected chi connectivity index (χ3v) is 5.65. The first-order valence-electron chi connectivity index (χ1n) is 10.4. The van der Waals surface area contributed by atoms with Crippen molar-refractivity contribution in [3.8, 4) is 5.75 Å². The van der Waals surface area contributed by atoms with Crippen molar-refractivity contribution in [2.75, 3.05) is 6.54 Å². The topological polar surface area (TPSA) is 75.6 Å². The minimum atomic E-state index is -4.52. The highest BCUT2D eigenvalue weighted by atomic mass is 19.4. The highest BCUT2D eigenvalue weighted by Gasteiger charge is 2.36. The second-order valence-corrected chi connectivity index (χ2v) is 8.05. The Hall–Kier alpha value is -2.68. The monoisotopic (exact) mass is 435 g/mol. The lowest BCUT2D eigenvalue weighted by molar-refractivity contribution is -0.141. The summed E-state index contributed by atoms with van der Waals surface area (Å²) in [5.74, 6) is 0.328. The molecule has 0 bridgehead atoms. The third kappa shape index (κ3) is 5.15. The number of alkyl halides is 3. The zero-order chi connectivity index (χ0) is 22.0. The number of nitrogens with zero attached hydrogens (tertiary/aromatic N) is 3. The van der Waals surface area contributed by atoms with Crippen molar-refractivity contribution in [2.24, 2.45) is 0 Å². The van der Waals surface area contributed by atoms with Gasteiger partial charge in [0.1, 0.15) is 17.5 Å². The largest absolute Gasteiger partial charge is 0.490 e. The Labute approximate surface area is 178 Å². The number of carbonyl (C=O) groups excluding carboxylic acids is 1. The molecular formula is C22H24F3N3O3. The number of aliphatic hydroxyl groups is 1. The van der Waals surface area contributed by atoms with E-state index in [1.165, 1.54) is 6.07 Å². The van der Waals surface area contributed by atoms with E-state index in [0.29, 0.717) is 29.8 Å². The second-order valence-electron chi connectivity index (χ2n) is 8.05. The van der Waals surface area contributed by atoms with E-state index >= 15 is 0 Å². The fourth-order valence-electron chi connectivity index (χ4n) is 3.86. The molecule has 4 rings (SSSR count). The average molecular weight is 435 g/mol. The molecule has 1 amide bonds. The van der Waals surface area contributed by atoms with Crippen molar-refractivity contribution in [3.63, 3.8) is 0 Å². The Bertz CT molecular complexity index is 916. The quantitative estimate of drug-likeness (QED) is 0.749. The molecule has 31 heavy (non-hydrogen) atoms. The van der Waals surface area contributed by atoms with Crippen LogP contribution in [0, 0.1) is 0 Å². The lowest BCUT2D eigenvalue weighted by Gasteiger charge is -2.39. The van der Waals surface area contributed by atoms with Gasteiger partial charge in [0.05, 0.1) is 18.6 Å². The molecule has 2 atom stereocenters. The van der Waals surface area contributed by atoms with Gasteiger partial charge in [0.15, 0.2) is 0 Å². The molecule has 166 valence electrons. The second kappa shape index (κ2) is 8.82. The molecule has 0 spiro atoms. The van der Waals surface area contributed by atoms with Crippen molar-refractivity contribution in [1.82, 2.24) is 14.9 Å². The lowest BCUT2D eigenvalue weighted by atomic mass is 9.92. The standard InChI is InChI=1S/C22H24F3N3O3/c23-22(24,25)19-7-4-14(12-27-19)11-20(29)28-10-2-1-3-17(28)21(30)16-13-26-9-8-18(16)31-15-5-6-15/h4,7-9,12-13,15,17,21,30H,1-3,5-6,10-11H2. The minimum absolute atomic E-state index is 0.0766. The smallest absolute Gasteiger partial charge is 0.433 e. The van der Waals surface area contributed by atoms with Crippen LogP contribution in [0.5, 0.6) is 5.75 Å². The number of rotatable bonds is 6. The highest BCUT2D eigenvalue weighted by molar-refractivity contribution is 5.79. The van der Waals surface area contributed by atoms with Crippen LogP contribution < -0.4 is 4.74 Å². The number of ether oxygens (including phenoxy) is 1. The fourth-order valence-corrected chi connectivity index (χ4v) is 3.86. The molecule has 2 aromatic heterocycles. The van der Waals surface area contributed by atoms with Crippen LogP contribution in [0.15, 0.2) is 36.8 Å². The van der Waals surface area contributed by atoms with Crippen LogP contribution in [0.3, 0.4) is 0 Å². The van der Waals surface area contributed by atoms with Crippen LogP contribution in [-0.2, 0) is 17.4 Å². The van der Waals surface area contributed by atoms with Gasteiger partial charge in [0.2, 0.25) is 5.91 Å². The highest BCUT2D eigenvalue weighted by Crippen LogP contribution is 2.36. The molecule has 1 aliphatic heterocycles. The third-order valence-electron chi connectivity index (χ3n) is 5.65. The SMILES string of the molecule is O=C(Cc1ccc(C(F)(F)F)nc1)N1CCCCC1C(O)c1cnccc1OC1CC1. The van der Waals surface area contributed by atoms with E-state index in [0.717, 1.165) is 37.9 Å². The minimum Gasteiger partial charge on any atom is -0.490 e.